The Morgan fingerprint density at radius 3 is 3.00 bits per heavy atom. The number of nitrogens with one attached hydrogen (secondary N) is 1. The lowest BCUT2D eigenvalue weighted by Gasteiger charge is -2.33. The van der Waals surface area contributed by atoms with E-state index in [0.29, 0.717) is 12.3 Å². The van der Waals surface area contributed by atoms with E-state index in [-0.39, 0.29) is 5.91 Å². The van der Waals surface area contributed by atoms with Crippen LogP contribution < -0.4 is 10.2 Å². The Kier molecular flexibility index (Phi) is 4.37. The predicted molar refractivity (Wildman–Crippen MR) is 75.0 cm³/mol. The van der Waals surface area contributed by atoms with Crippen molar-refractivity contribution in [2.45, 2.75) is 32.6 Å². The van der Waals surface area contributed by atoms with Crippen molar-refractivity contribution < 1.29 is 4.79 Å². The minimum Gasteiger partial charge on any atom is -0.316 e. The van der Waals surface area contributed by atoms with Gasteiger partial charge in [0.2, 0.25) is 5.91 Å². The van der Waals surface area contributed by atoms with Gasteiger partial charge in [-0.1, -0.05) is 32.0 Å². The van der Waals surface area contributed by atoms with Gasteiger partial charge in [-0.2, -0.15) is 0 Å². The van der Waals surface area contributed by atoms with Crippen LogP contribution in [0.4, 0.5) is 5.69 Å². The fraction of sp³-hybridized carbons (Fsp3) is 0.533. The normalized spacial score (nSPS) is 18.6. The Bertz CT molecular complexity index is 417. The van der Waals surface area contributed by atoms with Crippen molar-refractivity contribution in [2.75, 3.05) is 24.5 Å². The Morgan fingerprint density at radius 2 is 2.22 bits per heavy atom. The molecule has 0 radical (unpaired) electrons. The van der Waals surface area contributed by atoms with Gasteiger partial charge in [-0.05, 0) is 30.5 Å². The Morgan fingerprint density at radius 1 is 1.44 bits per heavy atom. The molecule has 1 aromatic carbocycles. The second kappa shape index (κ2) is 6.01. The summed E-state index contributed by atoms with van der Waals surface area (Å²) in [6, 6.07) is 8.28. The molecular weight excluding hydrogens is 224 g/mol. The Balaban J connectivity index is 2.11. The molecule has 0 spiro atoms. The minimum atomic E-state index is 0.232. The number of nitrogens with zero attached hydrogens (tertiary/aromatic N) is 1. The van der Waals surface area contributed by atoms with E-state index in [1.807, 2.05) is 11.0 Å². The van der Waals surface area contributed by atoms with Gasteiger partial charge in [0.05, 0.1) is 0 Å². The van der Waals surface area contributed by atoms with Crippen LogP contribution in [0.3, 0.4) is 0 Å². The van der Waals surface area contributed by atoms with E-state index < -0.39 is 0 Å². The molecule has 0 fully saturated rings. The van der Waals surface area contributed by atoms with Gasteiger partial charge >= 0.3 is 0 Å². The SMILES string of the molecule is CCNCCC(=O)N1CCC(C)c2ccccc21. The van der Waals surface area contributed by atoms with Crippen LogP contribution in [-0.4, -0.2) is 25.5 Å². The van der Waals surface area contributed by atoms with E-state index >= 15 is 0 Å². The molecule has 0 aliphatic carbocycles. The fourth-order valence-electron chi connectivity index (χ4n) is 2.51. The number of hydrogen-bond donors (Lipinski definition) is 1. The van der Waals surface area contributed by atoms with Crippen molar-refractivity contribution in [3.05, 3.63) is 29.8 Å². The summed E-state index contributed by atoms with van der Waals surface area (Å²) in [5.74, 6) is 0.786. The highest BCUT2D eigenvalue weighted by Crippen LogP contribution is 2.34. The Labute approximate surface area is 109 Å². The summed E-state index contributed by atoms with van der Waals surface area (Å²) in [7, 11) is 0. The first-order chi connectivity index (χ1) is 8.74. The molecule has 1 aliphatic heterocycles. The molecule has 1 heterocycles. The van der Waals surface area contributed by atoms with E-state index in [2.05, 4.69) is 37.4 Å². The number of benzene rings is 1. The van der Waals surface area contributed by atoms with Crippen LogP contribution in [0.2, 0.25) is 0 Å². The highest BCUT2D eigenvalue weighted by molar-refractivity contribution is 5.94. The van der Waals surface area contributed by atoms with Crippen molar-refractivity contribution >= 4 is 11.6 Å². The first-order valence-electron chi connectivity index (χ1n) is 6.84. The molecule has 1 N–H and O–H groups in total. The molecule has 0 saturated heterocycles. The molecule has 3 heteroatoms. The van der Waals surface area contributed by atoms with E-state index in [0.717, 1.165) is 31.7 Å². The van der Waals surface area contributed by atoms with Crippen LogP contribution in [0, 0.1) is 0 Å². The van der Waals surface area contributed by atoms with Crippen molar-refractivity contribution in [1.82, 2.24) is 5.32 Å². The quantitative estimate of drug-likeness (QED) is 0.828. The lowest BCUT2D eigenvalue weighted by Crippen LogP contribution is -2.37. The zero-order valence-electron chi connectivity index (χ0n) is 11.3. The predicted octanol–water partition coefficient (Wildman–Crippen LogP) is 2.53. The van der Waals surface area contributed by atoms with Gasteiger partial charge in [0.15, 0.2) is 0 Å². The summed E-state index contributed by atoms with van der Waals surface area (Å²) in [6.45, 7) is 6.83. The van der Waals surface area contributed by atoms with Gasteiger partial charge in [0, 0.05) is 25.2 Å². The van der Waals surface area contributed by atoms with Crippen LogP contribution in [0.25, 0.3) is 0 Å². The molecule has 1 aromatic rings. The standard InChI is InChI=1S/C15H22N2O/c1-3-16-10-8-15(18)17-11-9-12(2)13-6-4-5-7-14(13)17/h4-7,12,16H,3,8-11H2,1-2H3. The maximum absolute atomic E-state index is 12.2. The second-order valence-corrected chi connectivity index (χ2v) is 4.90. The minimum absolute atomic E-state index is 0.232. The summed E-state index contributed by atoms with van der Waals surface area (Å²) in [6.07, 6.45) is 1.64. The van der Waals surface area contributed by atoms with Gasteiger partial charge in [-0.3, -0.25) is 4.79 Å². The number of carbonyl (C=O) groups excluding carboxylic acids is 1. The zero-order valence-corrected chi connectivity index (χ0v) is 11.3. The topological polar surface area (TPSA) is 32.3 Å². The highest BCUT2D eigenvalue weighted by Gasteiger charge is 2.25. The van der Waals surface area contributed by atoms with Crippen LogP contribution in [0.5, 0.6) is 0 Å². The third kappa shape index (κ3) is 2.72. The number of anilines is 1. The fourth-order valence-corrected chi connectivity index (χ4v) is 2.51. The molecule has 0 aromatic heterocycles. The zero-order chi connectivity index (χ0) is 13.0. The van der Waals surface area contributed by atoms with Crippen molar-refractivity contribution in [3.63, 3.8) is 0 Å². The number of fused-ring (bicyclic) bond motifs is 1. The monoisotopic (exact) mass is 246 g/mol. The summed E-state index contributed by atoms with van der Waals surface area (Å²) < 4.78 is 0. The molecule has 1 atom stereocenters. The van der Waals surface area contributed by atoms with Gasteiger partial charge in [0.1, 0.15) is 0 Å². The molecule has 98 valence electrons. The molecule has 3 nitrogen and oxygen atoms in total. The molecule has 18 heavy (non-hydrogen) atoms. The van der Waals surface area contributed by atoms with E-state index in [1.165, 1.54) is 5.56 Å². The average molecular weight is 246 g/mol. The molecule has 1 amide bonds. The van der Waals surface area contributed by atoms with Gasteiger partial charge in [0.25, 0.3) is 0 Å². The summed E-state index contributed by atoms with van der Waals surface area (Å²) in [4.78, 5) is 14.2. The van der Waals surface area contributed by atoms with Crippen LogP contribution in [-0.2, 0) is 4.79 Å². The average Bonchev–Trinajstić information content (AvgIpc) is 2.39. The van der Waals surface area contributed by atoms with Crippen LogP contribution in [0.15, 0.2) is 24.3 Å². The summed E-state index contributed by atoms with van der Waals surface area (Å²) in [5, 5.41) is 3.20. The first-order valence-corrected chi connectivity index (χ1v) is 6.84. The number of hydrogen-bond acceptors (Lipinski definition) is 2. The van der Waals surface area contributed by atoms with Crippen molar-refractivity contribution in [3.8, 4) is 0 Å². The molecule has 0 bridgehead atoms. The summed E-state index contributed by atoms with van der Waals surface area (Å²) in [5.41, 5.74) is 2.42. The largest absolute Gasteiger partial charge is 0.316 e. The third-order valence-electron chi connectivity index (χ3n) is 3.61. The molecule has 0 saturated carbocycles. The van der Waals surface area contributed by atoms with Gasteiger partial charge < -0.3 is 10.2 Å². The Hall–Kier alpha value is -1.35. The number of para-hydroxylation sites is 1. The van der Waals surface area contributed by atoms with E-state index in [9.17, 15) is 4.79 Å². The molecule has 1 aliphatic rings. The lowest BCUT2D eigenvalue weighted by atomic mass is 9.91. The number of rotatable bonds is 4. The van der Waals surface area contributed by atoms with Crippen LogP contribution >= 0.6 is 0 Å². The smallest absolute Gasteiger partial charge is 0.228 e. The van der Waals surface area contributed by atoms with Gasteiger partial charge in [-0.15, -0.1) is 0 Å². The third-order valence-corrected chi connectivity index (χ3v) is 3.61. The first kappa shape index (κ1) is 13.1. The van der Waals surface area contributed by atoms with Gasteiger partial charge in [-0.25, -0.2) is 0 Å². The van der Waals surface area contributed by atoms with Crippen molar-refractivity contribution in [1.29, 1.82) is 0 Å². The number of amides is 1. The molecule has 2 rings (SSSR count). The van der Waals surface area contributed by atoms with E-state index in [4.69, 9.17) is 0 Å². The molecule has 1 unspecified atom stereocenters. The lowest BCUT2D eigenvalue weighted by molar-refractivity contribution is -0.118. The van der Waals surface area contributed by atoms with Crippen molar-refractivity contribution in [2.24, 2.45) is 0 Å². The second-order valence-electron chi connectivity index (χ2n) is 4.90. The summed E-state index contributed by atoms with van der Waals surface area (Å²) >= 11 is 0. The van der Waals surface area contributed by atoms with Crippen LogP contribution in [0.1, 0.15) is 38.2 Å². The maximum Gasteiger partial charge on any atom is 0.228 e. The highest BCUT2D eigenvalue weighted by atomic mass is 16.2. The van der Waals surface area contributed by atoms with E-state index in [1.54, 1.807) is 0 Å². The maximum atomic E-state index is 12.2. The molecular formula is C15H22N2O. The number of carbonyl (C=O) groups is 1.